The van der Waals surface area contributed by atoms with Crippen LogP contribution in [0.3, 0.4) is 0 Å². The lowest BCUT2D eigenvalue weighted by Gasteiger charge is -2.05. The van der Waals surface area contributed by atoms with Gasteiger partial charge in [-0.05, 0) is 5.56 Å². The Hall–Kier alpha value is -2.10. The number of carbonyl (C=O) groups excluding carboxylic acids is 2. The van der Waals surface area contributed by atoms with Crippen LogP contribution in [-0.2, 0) is 16.0 Å². The zero-order valence-electron chi connectivity index (χ0n) is 8.90. The third-order valence-corrected chi connectivity index (χ3v) is 1.88. The van der Waals surface area contributed by atoms with Crippen molar-refractivity contribution >= 4 is 11.8 Å². The van der Waals surface area contributed by atoms with E-state index in [1.54, 1.807) is 0 Å². The van der Waals surface area contributed by atoms with E-state index in [4.69, 9.17) is 0 Å². The molecule has 0 atom stereocenters. The van der Waals surface area contributed by atoms with E-state index in [-0.39, 0.29) is 24.7 Å². The van der Waals surface area contributed by atoms with Crippen LogP contribution in [0.25, 0.3) is 0 Å². The zero-order valence-corrected chi connectivity index (χ0v) is 8.90. The molecule has 0 heterocycles. The Morgan fingerprint density at radius 3 is 2.38 bits per heavy atom. The fraction of sp³-hybridized carbons (Fsp3) is 0.167. The summed E-state index contributed by atoms with van der Waals surface area (Å²) in [5.41, 5.74) is 5.52. The van der Waals surface area contributed by atoms with Crippen LogP contribution in [0.1, 0.15) is 12.0 Å². The van der Waals surface area contributed by atoms with Crippen molar-refractivity contribution in [3.05, 3.63) is 48.6 Å². The average Bonchev–Trinajstić information content (AvgIpc) is 2.28. The molecule has 0 unspecified atom stereocenters. The molecule has 0 radical (unpaired) electrons. The van der Waals surface area contributed by atoms with Crippen LogP contribution < -0.4 is 10.9 Å². The molecular weight excluding hydrogens is 204 g/mol. The third kappa shape index (κ3) is 4.41. The fourth-order valence-corrected chi connectivity index (χ4v) is 1.15. The summed E-state index contributed by atoms with van der Waals surface area (Å²) in [5.74, 6) is -0.528. The minimum absolute atomic E-state index is 0.186. The van der Waals surface area contributed by atoms with E-state index in [9.17, 15) is 9.59 Å². The van der Waals surface area contributed by atoms with Gasteiger partial charge in [-0.25, -0.2) is 0 Å². The molecular formula is C12H14N2O2. The topological polar surface area (TPSA) is 58.2 Å². The second-order valence-electron chi connectivity index (χ2n) is 3.25. The summed E-state index contributed by atoms with van der Waals surface area (Å²) in [4.78, 5) is 22.4. The standard InChI is InChI=1S/C12H14N2O2/c1-2-6-11(15)13-14-12(16)9-10-7-4-3-5-8-10/h2-5,7-8H,1,6,9H2,(H,13,15)(H,14,16). The van der Waals surface area contributed by atoms with Gasteiger partial charge in [0.1, 0.15) is 0 Å². The van der Waals surface area contributed by atoms with Crippen LogP contribution >= 0.6 is 0 Å². The van der Waals surface area contributed by atoms with Crippen LogP contribution in [0.4, 0.5) is 0 Å². The van der Waals surface area contributed by atoms with Crippen LogP contribution in [0.5, 0.6) is 0 Å². The molecule has 1 aromatic rings. The van der Waals surface area contributed by atoms with Gasteiger partial charge in [0.05, 0.1) is 6.42 Å². The number of hydrazine groups is 1. The minimum Gasteiger partial charge on any atom is -0.273 e. The molecule has 0 saturated heterocycles. The van der Waals surface area contributed by atoms with Gasteiger partial charge in [0.2, 0.25) is 11.8 Å². The van der Waals surface area contributed by atoms with Crippen molar-refractivity contribution in [3.8, 4) is 0 Å². The van der Waals surface area contributed by atoms with Gasteiger partial charge >= 0.3 is 0 Å². The highest BCUT2D eigenvalue weighted by molar-refractivity contribution is 5.83. The molecule has 16 heavy (non-hydrogen) atoms. The smallest absolute Gasteiger partial charge is 0.242 e. The summed E-state index contributed by atoms with van der Waals surface area (Å²) >= 11 is 0. The first-order valence-electron chi connectivity index (χ1n) is 4.95. The monoisotopic (exact) mass is 218 g/mol. The molecule has 84 valence electrons. The minimum atomic E-state index is -0.281. The van der Waals surface area contributed by atoms with E-state index in [0.29, 0.717) is 0 Å². The Kier molecular flexibility index (Phi) is 4.79. The number of carbonyl (C=O) groups is 2. The summed E-state index contributed by atoms with van der Waals surface area (Å²) < 4.78 is 0. The summed E-state index contributed by atoms with van der Waals surface area (Å²) in [6.07, 6.45) is 1.90. The van der Waals surface area contributed by atoms with Crippen molar-refractivity contribution in [3.63, 3.8) is 0 Å². The van der Waals surface area contributed by atoms with E-state index in [1.807, 2.05) is 30.3 Å². The van der Waals surface area contributed by atoms with Crippen LogP contribution in [0, 0.1) is 0 Å². The quantitative estimate of drug-likeness (QED) is 0.584. The molecule has 4 nitrogen and oxygen atoms in total. The SMILES string of the molecule is C=CCC(=O)NNC(=O)Cc1ccccc1. The lowest BCUT2D eigenvalue weighted by Crippen LogP contribution is -2.42. The number of benzene rings is 1. The second kappa shape index (κ2) is 6.40. The van der Waals surface area contributed by atoms with Gasteiger partial charge in [0.15, 0.2) is 0 Å². The van der Waals surface area contributed by atoms with Gasteiger partial charge in [0, 0.05) is 6.42 Å². The van der Waals surface area contributed by atoms with E-state index in [1.165, 1.54) is 6.08 Å². The number of hydrogen-bond acceptors (Lipinski definition) is 2. The lowest BCUT2D eigenvalue weighted by atomic mass is 10.1. The lowest BCUT2D eigenvalue weighted by molar-refractivity contribution is -0.128. The summed E-state index contributed by atoms with van der Waals surface area (Å²) in [7, 11) is 0. The number of amides is 2. The van der Waals surface area contributed by atoms with Crippen molar-refractivity contribution in [1.29, 1.82) is 0 Å². The third-order valence-electron chi connectivity index (χ3n) is 1.88. The molecule has 0 aliphatic rings. The molecule has 0 bridgehead atoms. The van der Waals surface area contributed by atoms with E-state index < -0.39 is 0 Å². The Morgan fingerprint density at radius 1 is 1.12 bits per heavy atom. The molecule has 0 aromatic heterocycles. The van der Waals surface area contributed by atoms with Crippen molar-refractivity contribution < 1.29 is 9.59 Å². The van der Waals surface area contributed by atoms with E-state index in [2.05, 4.69) is 17.4 Å². The Bertz CT molecular complexity index is 374. The predicted octanol–water partition coefficient (Wildman–Crippen LogP) is 0.953. The molecule has 0 spiro atoms. The van der Waals surface area contributed by atoms with Gasteiger partial charge in [-0.2, -0.15) is 0 Å². The van der Waals surface area contributed by atoms with Crippen molar-refractivity contribution in [2.24, 2.45) is 0 Å². The van der Waals surface area contributed by atoms with Gasteiger partial charge in [-0.15, -0.1) is 6.58 Å². The first kappa shape index (κ1) is 12.0. The summed E-state index contributed by atoms with van der Waals surface area (Å²) in [6.45, 7) is 3.42. The molecule has 0 saturated carbocycles. The molecule has 1 rings (SSSR count). The number of nitrogens with one attached hydrogen (secondary N) is 2. The maximum Gasteiger partial charge on any atom is 0.242 e. The first-order chi connectivity index (χ1) is 7.72. The largest absolute Gasteiger partial charge is 0.273 e. The fourth-order valence-electron chi connectivity index (χ4n) is 1.15. The second-order valence-corrected chi connectivity index (χ2v) is 3.25. The van der Waals surface area contributed by atoms with E-state index in [0.717, 1.165) is 5.56 Å². The normalized spacial score (nSPS) is 9.25. The Labute approximate surface area is 94.3 Å². The molecule has 1 aromatic carbocycles. The maximum atomic E-state index is 11.4. The van der Waals surface area contributed by atoms with Gasteiger partial charge in [0.25, 0.3) is 0 Å². The first-order valence-corrected chi connectivity index (χ1v) is 4.95. The van der Waals surface area contributed by atoms with E-state index >= 15 is 0 Å². The van der Waals surface area contributed by atoms with Gasteiger partial charge < -0.3 is 0 Å². The Morgan fingerprint density at radius 2 is 1.75 bits per heavy atom. The molecule has 0 aliphatic carbocycles. The highest BCUT2D eigenvalue weighted by atomic mass is 16.2. The highest BCUT2D eigenvalue weighted by Crippen LogP contribution is 1.98. The van der Waals surface area contributed by atoms with Crippen molar-refractivity contribution in [1.82, 2.24) is 10.9 Å². The molecule has 0 fully saturated rings. The Balaban J connectivity index is 2.31. The maximum absolute atomic E-state index is 11.4. The average molecular weight is 218 g/mol. The van der Waals surface area contributed by atoms with Crippen molar-refractivity contribution in [2.75, 3.05) is 0 Å². The summed E-state index contributed by atoms with van der Waals surface area (Å²) in [6, 6.07) is 9.31. The molecule has 2 amide bonds. The number of hydrogen-bond donors (Lipinski definition) is 2. The van der Waals surface area contributed by atoms with Crippen LogP contribution in [0.2, 0.25) is 0 Å². The van der Waals surface area contributed by atoms with Gasteiger partial charge in [-0.3, -0.25) is 20.4 Å². The molecule has 4 heteroatoms. The van der Waals surface area contributed by atoms with Crippen LogP contribution in [-0.4, -0.2) is 11.8 Å². The van der Waals surface area contributed by atoms with Crippen LogP contribution in [0.15, 0.2) is 43.0 Å². The number of rotatable bonds is 4. The summed E-state index contributed by atoms with van der Waals surface area (Å²) in [5, 5.41) is 0. The van der Waals surface area contributed by atoms with Gasteiger partial charge in [-0.1, -0.05) is 36.4 Å². The molecule has 0 aliphatic heterocycles. The predicted molar refractivity (Wildman–Crippen MR) is 61.2 cm³/mol. The molecule has 2 N–H and O–H groups in total. The van der Waals surface area contributed by atoms with Crippen molar-refractivity contribution in [2.45, 2.75) is 12.8 Å². The zero-order chi connectivity index (χ0) is 11.8. The highest BCUT2D eigenvalue weighted by Gasteiger charge is 2.03.